The highest BCUT2D eigenvalue weighted by Gasteiger charge is 2.25. The molecule has 0 amide bonds. The maximum atomic E-state index is 11.5. The summed E-state index contributed by atoms with van der Waals surface area (Å²) in [5.41, 5.74) is 0. The minimum Gasteiger partial charge on any atom is -0.591 e. The number of halogens is 1. The first-order chi connectivity index (χ1) is 6.39. The van der Waals surface area contributed by atoms with E-state index in [9.17, 15) is 4.55 Å². The van der Waals surface area contributed by atoms with Crippen molar-refractivity contribution in [3.05, 3.63) is 15.5 Å². The van der Waals surface area contributed by atoms with E-state index in [0.29, 0.717) is 9.34 Å². The molecule has 1 rings (SSSR count). The zero-order valence-corrected chi connectivity index (χ0v) is 10.5. The van der Waals surface area contributed by atoms with Gasteiger partial charge >= 0.3 is 0 Å². The maximum Gasteiger partial charge on any atom is 0.144 e. The lowest BCUT2D eigenvalue weighted by molar-refractivity contribution is 0.562. The molecule has 0 aliphatic carbocycles. The minimum absolute atomic E-state index is 0.336. The molecule has 1 atom stereocenters. The van der Waals surface area contributed by atoms with Crippen LogP contribution >= 0.6 is 22.9 Å². The van der Waals surface area contributed by atoms with Crippen LogP contribution in [0.25, 0.3) is 0 Å². The van der Waals surface area contributed by atoms with E-state index in [1.54, 1.807) is 6.20 Å². The largest absolute Gasteiger partial charge is 0.591 e. The molecule has 6 heteroatoms. The second-order valence-corrected chi connectivity index (χ2v) is 7.23. The maximum absolute atomic E-state index is 11.5. The molecule has 0 fully saturated rings. The number of rotatable bonds is 2. The van der Waals surface area contributed by atoms with Crippen LogP contribution in [0.15, 0.2) is 10.6 Å². The number of nitrogens with zero attached hydrogens (tertiary/aromatic N) is 2. The van der Waals surface area contributed by atoms with Crippen molar-refractivity contribution in [1.82, 2.24) is 4.98 Å². The number of hydrogen-bond donors (Lipinski definition) is 0. The summed E-state index contributed by atoms with van der Waals surface area (Å²) in [6, 6.07) is 0. The van der Waals surface area contributed by atoms with Crippen LogP contribution in [0.3, 0.4) is 0 Å². The van der Waals surface area contributed by atoms with Gasteiger partial charge in [0.2, 0.25) is 0 Å². The molecule has 0 N–H and O–H groups in total. The second-order valence-electron chi connectivity index (χ2n) is 3.60. The molecule has 0 bridgehead atoms. The predicted octanol–water partition coefficient (Wildman–Crippen LogP) is 2.68. The fourth-order valence-electron chi connectivity index (χ4n) is 0.578. The first-order valence-electron chi connectivity index (χ1n) is 3.97. The molecule has 78 valence electrons. The molecule has 0 aliphatic heterocycles. The van der Waals surface area contributed by atoms with Gasteiger partial charge in [-0.15, -0.1) is 11.3 Å². The molecule has 0 aromatic carbocycles. The Morgan fingerprint density at radius 1 is 1.64 bits per heavy atom. The van der Waals surface area contributed by atoms with Crippen LogP contribution in [-0.4, -0.2) is 20.5 Å². The fourth-order valence-corrected chi connectivity index (χ4v) is 1.96. The van der Waals surface area contributed by atoms with Crippen molar-refractivity contribution < 1.29 is 4.55 Å². The molecule has 14 heavy (non-hydrogen) atoms. The molecule has 0 spiro atoms. The minimum atomic E-state index is -1.24. The van der Waals surface area contributed by atoms with Crippen molar-refractivity contribution in [2.75, 3.05) is 0 Å². The topological polar surface area (TPSA) is 48.3 Å². The normalized spacial score (nSPS) is 14.9. The first-order valence-corrected chi connectivity index (χ1v) is 6.27. The van der Waals surface area contributed by atoms with Crippen LogP contribution in [0.4, 0.5) is 0 Å². The summed E-state index contributed by atoms with van der Waals surface area (Å²) < 4.78 is 15.7. The van der Waals surface area contributed by atoms with E-state index in [1.807, 2.05) is 20.8 Å². The van der Waals surface area contributed by atoms with Gasteiger partial charge in [-0.05, 0) is 20.8 Å². The zero-order valence-electron chi connectivity index (χ0n) is 8.15. The van der Waals surface area contributed by atoms with Gasteiger partial charge in [-0.25, -0.2) is 4.98 Å². The highest BCUT2D eigenvalue weighted by molar-refractivity contribution is 7.91. The van der Waals surface area contributed by atoms with E-state index < -0.39 is 11.4 Å². The fraction of sp³-hybridized carbons (Fsp3) is 0.500. The van der Waals surface area contributed by atoms with Gasteiger partial charge in [0.05, 0.1) is 6.20 Å². The van der Waals surface area contributed by atoms with Crippen LogP contribution < -0.4 is 0 Å². The monoisotopic (exact) mass is 250 g/mol. The van der Waals surface area contributed by atoms with Crippen LogP contribution in [0.1, 0.15) is 25.8 Å². The van der Waals surface area contributed by atoms with Gasteiger partial charge in [0.1, 0.15) is 31.7 Å². The summed E-state index contributed by atoms with van der Waals surface area (Å²) >= 11 is 5.76. The third-order valence-corrected chi connectivity index (χ3v) is 3.67. The van der Waals surface area contributed by atoms with Gasteiger partial charge in [0.25, 0.3) is 0 Å². The average Bonchev–Trinajstić information content (AvgIpc) is 2.45. The molecule has 1 unspecified atom stereocenters. The first kappa shape index (κ1) is 12.0. The van der Waals surface area contributed by atoms with E-state index in [4.69, 9.17) is 11.6 Å². The van der Waals surface area contributed by atoms with Gasteiger partial charge in [-0.2, -0.15) is 0 Å². The Morgan fingerprint density at radius 3 is 2.71 bits per heavy atom. The number of hydrogen-bond acceptors (Lipinski definition) is 4. The van der Waals surface area contributed by atoms with Crippen molar-refractivity contribution in [3.63, 3.8) is 0 Å². The smallest absolute Gasteiger partial charge is 0.144 e. The molecule has 1 aromatic heterocycles. The van der Waals surface area contributed by atoms with Crippen LogP contribution in [-0.2, 0) is 11.4 Å². The third kappa shape index (κ3) is 3.57. The quantitative estimate of drug-likeness (QED) is 0.599. The summed E-state index contributed by atoms with van der Waals surface area (Å²) in [6.07, 6.45) is 3.05. The molecular formula is C8H11ClN2OS2. The molecule has 1 heterocycles. The van der Waals surface area contributed by atoms with Gasteiger partial charge in [-0.3, -0.25) is 0 Å². The number of aromatic nitrogens is 1. The van der Waals surface area contributed by atoms with Crippen LogP contribution in [0.5, 0.6) is 0 Å². The Morgan fingerprint density at radius 2 is 2.29 bits per heavy atom. The predicted molar refractivity (Wildman–Crippen MR) is 62.6 cm³/mol. The Balaban J connectivity index is 2.65. The Labute approximate surface area is 95.5 Å². The Hall–Kier alpha value is -0.100. The molecule has 0 saturated heterocycles. The molecule has 3 nitrogen and oxygen atoms in total. The van der Waals surface area contributed by atoms with Crippen molar-refractivity contribution in [2.45, 2.75) is 25.5 Å². The lowest BCUT2D eigenvalue weighted by Gasteiger charge is -2.17. The second kappa shape index (κ2) is 4.61. The SMILES string of the molecule is CC(C)(C)[S+]([O-])N=Cc1ncc(Cl)s1. The Kier molecular flexibility index (Phi) is 3.94. The molecule has 1 aromatic rings. The Bertz CT molecular complexity index is 332. The highest BCUT2D eigenvalue weighted by Crippen LogP contribution is 2.19. The summed E-state index contributed by atoms with van der Waals surface area (Å²) in [4.78, 5) is 3.97. The molecular weight excluding hydrogens is 240 g/mol. The molecule has 0 aliphatic rings. The van der Waals surface area contributed by atoms with E-state index in [2.05, 4.69) is 9.38 Å². The number of thiazole rings is 1. The standard InChI is InChI=1S/C8H11ClN2OS2/c1-8(2,3)14(12)11-5-7-10-4-6(9)13-7/h4-5H,1-3H3. The third-order valence-electron chi connectivity index (χ3n) is 1.28. The van der Waals surface area contributed by atoms with Crippen LogP contribution in [0, 0.1) is 0 Å². The summed E-state index contributed by atoms with van der Waals surface area (Å²) in [5, 5.41) is 0.674. The van der Waals surface area contributed by atoms with E-state index in [-0.39, 0.29) is 4.75 Å². The van der Waals surface area contributed by atoms with Crippen LogP contribution in [0.2, 0.25) is 4.34 Å². The van der Waals surface area contributed by atoms with E-state index >= 15 is 0 Å². The zero-order chi connectivity index (χ0) is 10.8. The van der Waals surface area contributed by atoms with E-state index in [1.165, 1.54) is 17.6 Å². The van der Waals surface area contributed by atoms with Gasteiger partial charge in [-0.1, -0.05) is 16.0 Å². The van der Waals surface area contributed by atoms with Gasteiger partial charge in [0.15, 0.2) is 0 Å². The lowest BCUT2D eigenvalue weighted by atomic mass is 10.3. The van der Waals surface area contributed by atoms with Gasteiger partial charge in [0, 0.05) is 0 Å². The average molecular weight is 251 g/mol. The van der Waals surface area contributed by atoms with Crippen molar-refractivity contribution >= 4 is 40.5 Å². The summed E-state index contributed by atoms with van der Waals surface area (Å²) in [6.45, 7) is 5.61. The molecule has 0 radical (unpaired) electrons. The highest BCUT2D eigenvalue weighted by atomic mass is 35.5. The van der Waals surface area contributed by atoms with Crippen molar-refractivity contribution in [2.24, 2.45) is 4.40 Å². The summed E-state index contributed by atoms with van der Waals surface area (Å²) in [5.74, 6) is 0. The van der Waals surface area contributed by atoms with Crippen molar-refractivity contribution in [1.29, 1.82) is 0 Å². The van der Waals surface area contributed by atoms with Crippen molar-refractivity contribution in [3.8, 4) is 0 Å². The molecule has 0 saturated carbocycles. The van der Waals surface area contributed by atoms with E-state index in [0.717, 1.165) is 0 Å². The summed E-state index contributed by atoms with van der Waals surface area (Å²) in [7, 11) is 0. The lowest BCUT2D eigenvalue weighted by Crippen LogP contribution is -2.25. The van der Waals surface area contributed by atoms with Gasteiger partial charge < -0.3 is 4.55 Å².